The van der Waals surface area contributed by atoms with E-state index in [-0.39, 0.29) is 24.7 Å². The summed E-state index contributed by atoms with van der Waals surface area (Å²) in [6.45, 7) is 0. The van der Waals surface area contributed by atoms with Crippen LogP contribution < -0.4 is 0 Å². The van der Waals surface area contributed by atoms with E-state index in [1.807, 2.05) is 0 Å². The monoisotopic (exact) mass is 305 g/mol. The molecule has 0 fully saturated rings. The summed E-state index contributed by atoms with van der Waals surface area (Å²) >= 11 is 2.99. The number of halogens is 1. The van der Waals surface area contributed by atoms with Crippen molar-refractivity contribution in [2.24, 2.45) is 0 Å². The van der Waals surface area contributed by atoms with Gasteiger partial charge in [0.25, 0.3) is 10.1 Å². The van der Waals surface area contributed by atoms with Crippen LogP contribution in [-0.4, -0.2) is 32.8 Å². The van der Waals surface area contributed by atoms with Crippen LogP contribution in [0.3, 0.4) is 0 Å². The van der Waals surface area contributed by atoms with Crippen molar-refractivity contribution in [2.45, 2.75) is 4.90 Å². The quantitative estimate of drug-likeness (QED) is 0.629. The second-order valence-corrected chi connectivity index (χ2v) is 4.15. The van der Waals surface area contributed by atoms with Gasteiger partial charge in [0, 0.05) is 24.3 Å². The average Bonchev–Trinajstić information content (AvgIpc) is 1.86. The molecular formula is C6H5BrGaO3S. The summed E-state index contributed by atoms with van der Waals surface area (Å²) in [6, 6.07) is 6.06. The maximum atomic E-state index is 10.6. The normalized spacial score (nSPS) is 10.5. The van der Waals surface area contributed by atoms with Gasteiger partial charge in [-0.15, -0.1) is 0 Å². The first-order valence-electron chi connectivity index (χ1n) is 2.74. The van der Waals surface area contributed by atoms with E-state index in [4.69, 9.17) is 4.55 Å². The molecule has 0 aliphatic heterocycles. The van der Waals surface area contributed by atoms with E-state index in [0.717, 1.165) is 0 Å². The third-order valence-corrected chi connectivity index (χ3v) is 2.98. The molecule has 0 aliphatic carbocycles. The fraction of sp³-hybridized carbons (Fsp3) is 0. The van der Waals surface area contributed by atoms with Crippen molar-refractivity contribution in [3.63, 3.8) is 0 Å². The summed E-state index contributed by atoms with van der Waals surface area (Å²) in [5, 5.41) is 0. The standard InChI is InChI=1S/C6H5BrO3S.Ga/c7-5-3-1-2-4-6(5)11(8,9)10;/h1-4H,(H,8,9,10);. The first-order valence-corrected chi connectivity index (χ1v) is 4.97. The molecule has 1 aromatic carbocycles. The molecule has 0 saturated heterocycles. The molecule has 0 heterocycles. The molecule has 6 heteroatoms. The predicted molar refractivity (Wildman–Crippen MR) is 49.7 cm³/mol. The molecule has 12 heavy (non-hydrogen) atoms. The van der Waals surface area contributed by atoms with E-state index in [9.17, 15) is 8.42 Å². The van der Waals surface area contributed by atoms with Gasteiger partial charge in [-0.1, -0.05) is 12.1 Å². The first kappa shape index (κ1) is 12.2. The van der Waals surface area contributed by atoms with Crippen LogP contribution in [0.1, 0.15) is 0 Å². The molecule has 3 nitrogen and oxygen atoms in total. The van der Waals surface area contributed by atoms with Gasteiger partial charge in [-0.3, -0.25) is 4.55 Å². The molecule has 3 radical (unpaired) electrons. The van der Waals surface area contributed by atoms with Crippen molar-refractivity contribution < 1.29 is 13.0 Å². The average molecular weight is 307 g/mol. The van der Waals surface area contributed by atoms with Gasteiger partial charge in [-0.25, -0.2) is 0 Å². The zero-order valence-corrected chi connectivity index (χ0v) is 10.8. The fourth-order valence-electron chi connectivity index (χ4n) is 0.654. The Bertz CT molecular complexity index is 363. The molecule has 1 rings (SSSR count). The van der Waals surface area contributed by atoms with E-state index in [2.05, 4.69) is 15.9 Å². The minimum atomic E-state index is -4.08. The molecule has 0 spiro atoms. The molecule has 63 valence electrons. The van der Waals surface area contributed by atoms with Crippen LogP contribution in [0.5, 0.6) is 0 Å². The maximum Gasteiger partial charge on any atom is 0.295 e. The number of benzene rings is 1. The van der Waals surface area contributed by atoms with E-state index < -0.39 is 10.1 Å². The first-order chi connectivity index (χ1) is 5.02. The second kappa shape index (κ2) is 4.47. The summed E-state index contributed by atoms with van der Waals surface area (Å²) in [5.41, 5.74) is 0. The molecule has 0 amide bonds. The van der Waals surface area contributed by atoms with E-state index in [1.54, 1.807) is 12.1 Å². The molecule has 1 aromatic rings. The van der Waals surface area contributed by atoms with Crippen molar-refractivity contribution in [3.8, 4) is 0 Å². The van der Waals surface area contributed by atoms with Gasteiger partial charge in [0.1, 0.15) is 4.90 Å². The Balaban J connectivity index is 0.00000121. The molecule has 0 saturated carbocycles. The topological polar surface area (TPSA) is 54.4 Å². The number of rotatable bonds is 1. The summed E-state index contributed by atoms with van der Waals surface area (Å²) in [7, 11) is -4.08. The summed E-state index contributed by atoms with van der Waals surface area (Å²) in [6.07, 6.45) is 0. The molecule has 0 unspecified atom stereocenters. The Morgan fingerprint density at radius 3 is 2.08 bits per heavy atom. The number of hydrogen-bond donors (Lipinski definition) is 1. The van der Waals surface area contributed by atoms with Gasteiger partial charge in [0.15, 0.2) is 0 Å². The molecule has 1 N–H and O–H groups in total. The Morgan fingerprint density at radius 1 is 1.25 bits per heavy atom. The second-order valence-electron chi connectivity index (χ2n) is 1.91. The van der Waals surface area contributed by atoms with Gasteiger partial charge in [-0.2, -0.15) is 8.42 Å². The van der Waals surface area contributed by atoms with Crippen molar-refractivity contribution in [1.82, 2.24) is 0 Å². The summed E-state index contributed by atoms with van der Waals surface area (Å²) < 4.78 is 30.1. The van der Waals surface area contributed by atoms with Crippen LogP contribution in [0.2, 0.25) is 0 Å². The van der Waals surface area contributed by atoms with Crippen LogP contribution in [0.4, 0.5) is 0 Å². The van der Waals surface area contributed by atoms with Crippen LogP contribution in [-0.2, 0) is 10.1 Å². The van der Waals surface area contributed by atoms with Crippen molar-refractivity contribution in [2.75, 3.05) is 0 Å². The largest absolute Gasteiger partial charge is 0.295 e. The van der Waals surface area contributed by atoms with Crippen LogP contribution in [0, 0.1) is 0 Å². The Kier molecular flexibility index (Phi) is 4.57. The van der Waals surface area contributed by atoms with Crippen molar-refractivity contribution in [3.05, 3.63) is 28.7 Å². The number of hydrogen-bond acceptors (Lipinski definition) is 2. The fourth-order valence-corrected chi connectivity index (χ4v) is 2.12. The summed E-state index contributed by atoms with van der Waals surface area (Å²) in [5.74, 6) is 0. The zero-order valence-electron chi connectivity index (χ0n) is 5.94. The molecule has 0 aromatic heterocycles. The predicted octanol–water partition coefficient (Wildman–Crippen LogP) is 1.32. The van der Waals surface area contributed by atoms with Gasteiger partial charge in [-0.05, 0) is 28.1 Å². The van der Waals surface area contributed by atoms with E-state index in [0.29, 0.717) is 4.47 Å². The SMILES string of the molecule is O=S(=O)(O)c1ccccc1Br.[Ga]. The van der Waals surface area contributed by atoms with Gasteiger partial charge >= 0.3 is 0 Å². The van der Waals surface area contributed by atoms with Crippen molar-refractivity contribution in [1.29, 1.82) is 0 Å². The Hall–Kier alpha value is 0.246. The van der Waals surface area contributed by atoms with E-state index >= 15 is 0 Å². The molecule has 0 atom stereocenters. The maximum absolute atomic E-state index is 10.6. The third-order valence-electron chi connectivity index (χ3n) is 1.11. The summed E-state index contributed by atoms with van der Waals surface area (Å²) in [4.78, 5) is -0.111. The van der Waals surface area contributed by atoms with Crippen LogP contribution in [0.15, 0.2) is 33.6 Å². The van der Waals surface area contributed by atoms with Crippen LogP contribution in [0.25, 0.3) is 0 Å². The van der Waals surface area contributed by atoms with Gasteiger partial charge < -0.3 is 0 Å². The zero-order chi connectivity index (χ0) is 8.48. The van der Waals surface area contributed by atoms with E-state index in [1.165, 1.54) is 12.1 Å². The van der Waals surface area contributed by atoms with Crippen LogP contribution >= 0.6 is 15.9 Å². The Morgan fingerprint density at radius 2 is 1.75 bits per heavy atom. The minimum absolute atomic E-state index is 0. The molecule has 0 bridgehead atoms. The smallest absolute Gasteiger partial charge is 0.282 e. The Labute approximate surface area is 92.1 Å². The molecule has 0 aliphatic rings. The van der Waals surface area contributed by atoms with Crippen molar-refractivity contribution >= 4 is 45.8 Å². The third kappa shape index (κ3) is 2.95. The molecular weight excluding hydrogens is 302 g/mol. The van der Waals surface area contributed by atoms with Gasteiger partial charge in [0.05, 0.1) is 0 Å². The minimum Gasteiger partial charge on any atom is -0.282 e. The van der Waals surface area contributed by atoms with Gasteiger partial charge in [0.2, 0.25) is 0 Å².